The van der Waals surface area contributed by atoms with Gasteiger partial charge in [0.1, 0.15) is 0 Å². The first-order valence-corrected chi connectivity index (χ1v) is 1.86. The van der Waals surface area contributed by atoms with Crippen LogP contribution < -0.4 is 78.1 Å². The second kappa shape index (κ2) is 22.5. The molecule has 0 heterocycles. The minimum absolute atomic E-state index is 0. The van der Waals surface area contributed by atoms with Gasteiger partial charge in [-0.05, 0) is 0 Å². The first-order chi connectivity index (χ1) is 3.15. The number of hydrogen-bond donors (Lipinski definition) is 0. The molecule has 0 aliphatic rings. The number of halogens is 1. The molecule has 0 radical (unpaired) electrons. The van der Waals surface area contributed by atoms with Gasteiger partial charge < -0.3 is 14.0 Å². The molecular formula is BClNa2O5. The number of rotatable bonds is 0. The van der Waals surface area contributed by atoms with Crippen molar-refractivity contribution >= 4 is 7.35 Å². The van der Waals surface area contributed by atoms with E-state index in [0.29, 0.717) is 0 Å². The zero-order valence-corrected chi connectivity index (χ0v) is 9.75. The van der Waals surface area contributed by atoms with Gasteiger partial charge in [0.25, 0.3) is 0 Å². The second-order valence-electron chi connectivity index (χ2n) is 0.285. The third kappa shape index (κ3) is 179. The van der Waals surface area contributed by atoms with Crippen LogP contribution in [0.4, 0.5) is 0 Å². The molecule has 0 aliphatic carbocycles. The summed E-state index contributed by atoms with van der Waals surface area (Å²) in [5.74, 6) is 0. The molecular weight excluding hydrogens is 172 g/mol. The Kier molecular flexibility index (Phi) is 56.2. The van der Waals surface area contributed by atoms with Crippen LogP contribution in [0.5, 0.6) is 0 Å². The third-order valence-corrected chi connectivity index (χ3v) is 0. The molecule has 42 valence electrons. The molecule has 0 spiro atoms. The van der Waals surface area contributed by atoms with E-state index in [1.165, 1.54) is 0 Å². The molecule has 0 saturated carbocycles. The van der Waals surface area contributed by atoms with Gasteiger partial charge in [0, 0.05) is 0 Å². The summed E-state index contributed by atoms with van der Waals surface area (Å²) in [5, 5.41) is 8.25. The largest absolute Gasteiger partial charge is 1.00 e. The van der Waals surface area contributed by atoms with Crippen molar-refractivity contribution < 1.29 is 93.6 Å². The molecule has 0 aromatic carbocycles. The van der Waals surface area contributed by atoms with Crippen molar-refractivity contribution in [3.05, 3.63) is 0 Å². The summed E-state index contributed by atoms with van der Waals surface area (Å²) in [5.41, 5.74) is 0. The summed E-state index contributed by atoms with van der Waals surface area (Å²) in [6.07, 6.45) is 0. The van der Waals surface area contributed by atoms with E-state index in [9.17, 15) is 0 Å². The van der Waals surface area contributed by atoms with Crippen LogP contribution in [-0.2, 0) is 4.70 Å². The maximum Gasteiger partial charge on any atom is 1.00 e. The van der Waals surface area contributed by atoms with Gasteiger partial charge in [-0.25, -0.2) is 0 Å². The molecule has 0 saturated heterocycles. The Morgan fingerprint density at radius 3 is 1.11 bits per heavy atom. The van der Waals surface area contributed by atoms with Crippen LogP contribution in [0.1, 0.15) is 0 Å². The second-order valence-corrected chi connectivity index (χ2v) is 0.663. The Morgan fingerprint density at radius 2 is 1.11 bits per heavy atom. The van der Waals surface area contributed by atoms with Crippen molar-refractivity contribution in [1.82, 2.24) is 0 Å². The van der Waals surface area contributed by atoms with E-state index in [0.717, 1.165) is 0 Å². The van der Waals surface area contributed by atoms with E-state index in [2.05, 4.69) is 0 Å². The molecule has 0 amide bonds. The summed E-state index contributed by atoms with van der Waals surface area (Å²) in [6.45, 7) is 0. The summed E-state index contributed by atoms with van der Waals surface area (Å²) in [7, 11) is -3.35. The van der Waals surface area contributed by atoms with Crippen molar-refractivity contribution in [1.29, 1.82) is 0 Å². The Balaban J connectivity index is -0.0000000233. The minimum Gasteiger partial charge on any atom is -0.357 e. The van der Waals surface area contributed by atoms with Gasteiger partial charge in [-0.15, -0.1) is 0 Å². The molecule has 0 aromatic rings. The van der Waals surface area contributed by atoms with Gasteiger partial charge in [-0.1, -0.05) is 0 Å². The van der Waals surface area contributed by atoms with E-state index in [1.54, 1.807) is 0 Å². The van der Waals surface area contributed by atoms with Crippen molar-refractivity contribution in [2.45, 2.75) is 0 Å². The first kappa shape index (κ1) is 22.4. The Labute approximate surface area is 99.7 Å². The minimum atomic E-state index is -2.85. The summed E-state index contributed by atoms with van der Waals surface area (Å²) in [4.78, 5) is 0. The van der Waals surface area contributed by atoms with Crippen molar-refractivity contribution in [3.63, 3.8) is 0 Å². The van der Waals surface area contributed by atoms with Crippen molar-refractivity contribution in [2.75, 3.05) is 0 Å². The standard InChI is InChI=1S/BO2.ClO3.2Na/c2-1-3;2-1(3)4;;/q2*-1;2*+1. The van der Waals surface area contributed by atoms with E-state index in [4.69, 9.17) is 23.7 Å². The van der Waals surface area contributed by atoms with Gasteiger partial charge in [-0.3, -0.25) is 0 Å². The van der Waals surface area contributed by atoms with E-state index in [1.807, 2.05) is 0 Å². The zero-order valence-electron chi connectivity index (χ0n) is 5.00. The van der Waals surface area contributed by atoms with Crippen LogP contribution in [0.25, 0.3) is 0 Å². The fraction of sp³-hybridized carbons (Fsp3) is 0. The van der Waals surface area contributed by atoms with E-state index in [-0.39, 0.29) is 59.1 Å². The van der Waals surface area contributed by atoms with Crippen LogP contribution in [0.3, 0.4) is 0 Å². The third-order valence-electron chi connectivity index (χ3n) is 0. The average Bonchev–Trinajstić information content (AvgIpc) is 1.33. The number of hydrogen-bond acceptors (Lipinski definition) is 5. The molecule has 0 atom stereocenters. The molecule has 9 heavy (non-hydrogen) atoms. The molecule has 0 rings (SSSR count). The smallest absolute Gasteiger partial charge is 0.357 e. The normalized spacial score (nSPS) is 4.89. The Bertz CT molecular complexity index is 39.2. The van der Waals surface area contributed by atoms with Crippen LogP contribution >= 0.6 is 0 Å². The molecule has 0 unspecified atom stereocenters. The topological polar surface area (TPSA) is 109 Å². The van der Waals surface area contributed by atoms with Crippen LogP contribution in [0.2, 0.25) is 0 Å². The fourth-order valence-corrected chi connectivity index (χ4v) is 0. The molecule has 5 nitrogen and oxygen atoms in total. The molecule has 0 fully saturated rings. The predicted molar refractivity (Wildman–Crippen MR) is 6.44 cm³/mol. The van der Waals surface area contributed by atoms with Crippen LogP contribution in [0.15, 0.2) is 0 Å². The molecule has 0 bridgehead atoms. The van der Waals surface area contributed by atoms with Crippen molar-refractivity contribution in [2.24, 2.45) is 0 Å². The monoisotopic (exact) mass is 172 g/mol. The Hall–Kier alpha value is 1.83. The molecule has 0 aromatic heterocycles. The average molecular weight is 172 g/mol. The summed E-state index contributed by atoms with van der Waals surface area (Å²) >= 11 is 0. The van der Waals surface area contributed by atoms with Crippen molar-refractivity contribution in [3.8, 4) is 0 Å². The fourth-order valence-electron chi connectivity index (χ4n) is 0. The molecule has 0 N–H and O–H groups in total. The maximum absolute atomic E-state index is 8.41. The first-order valence-electron chi connectivity index (χ1n) is 0.934. The van der Waals surface area contributed by atoms with Crippen LogP contribution in [0, 0.1) is 10.8 Å². The summed E-state index contributed by atoms with van der Waals surface area (Å²) in [6, 6.07) is 0. The molecule has 0 aliphatic heterocycles. The quantitative estimate of drug-likeness (QED) is 0.337. The van der Waals surface area contributed by atoms with Gasteiger partial charge in [0.15, 0.2) is 0 Å². The SMILES string of the molecule is O=B[O-].[Na+].[Na+].[O-][Cl+2]([O-])[O-]. The predicted octanol–water partition coefficient (Wildman–Crippen LogP) is -11.2. The Morgan fingerprint density at radius 1 is 1.11 bits per heavy atom. The van der Waals surface area contributed by atoms with Gasteiger partial charge >= 0.3 is 76.2 Å². The van der Waals surface area contributed by atoms with Gasteiger partial charge in [-0.2, -0.15) is 0 Å². The van der Waals surface area contributed by atoms with Gasteiger partial charge in [0.2, 0.25) is 0 Å². The van der Waals surface area contributed by atoms with E-state index < -0.39 is 18.1 Å². The summed E-state index contributed by atoms with van der Waals surface area (Å²) < 4.78 is 33.5. The molecule has 9 heteroatoms. The van der Waals surface area contributed by atoms with Gasteiger partial charge in [0.05, 0.1) is 10.8 Å². The van der Waals surface area contributed by atoms with Crippen LogP contribution in [-0.4, -0.2) is 7.35 Å². The van der Waals surface area contributed by atoms with E-state index >= 15 is 0 Å². The maximum atomic E-state index is 8.41. The zero-order chi connectivity index (χ0) is 6.28.